The number of carboxylic acid groups (broad SMARTS) is 1. The van der Waals surface area contributed by atoms with E-state index in [-0.39, 0.29) is 31.2 Å². The van der Waals surface area contributed by atoms with Gasteiger partial charge in [-0.25, -0.2) is 8.42 Å². The zero-order valence-corrected chi connectivity index (χ0v) is 15.1. The third kappa shape index (κ3) is 4.99. The van der Waals surface area contributed by atoms with E-state index in [1.807, 2.05) is 0 Å². The average molecular weight is 426 g/mol. The van der Waals surface area contributed by atoms with Crippen molar-refractivity contribution in [3.05, 3.63) is 40.9 Å². The number of hydrogen-bond donors (Lipinski definition) is 0. The van der Waals surface area contributed by atoms with Crippen LogP contribution in [0.3, 0.4) is 0 Å². The number of sulfonamides is 1. The van der Waals surface area contributed by atoms with Gasteiger partial charge >= 0.3 is 6.18 Å². The van der Waals surface area contributed by atoms with E-state index < -0.39 is 38.5 Å². The largest absolute Gasteiger partial charge is 0.545 e. The first kappa shape index (κ1) is 21.2. The predicted octanol–water partition coefficient (Wildman–Crippen LogP) is 0.498. The lowest BCUT2D eigenvalue weighted by Gasteiger charge is -2.33. The Morgan fingerprint density at radius 3 is 2.22 bits per heavy atom. The smallest absolute Gasteiger partial charge is 0.416 e. The van der Waals surface area contributed by atoms with E-state index in [9.17, 15) is 36.3 Å². The van der Waals surface area contributed by atoms with Crippen LogP contribution in [0.25, 0.3) is 0 Å². The molecular formula is C15H13ClF3N2O5S-. The number of aliphatic carboxylic acids is 1. The zero-order valence-electron chi connectivity index (χ0n) is 13.6. The Hall–Kier alpha value is -2.11. The summed E-state index contributed by atoms with van der Waals surface area (Å²) in [6, 6.07) is 2.02. The normalized spacial score (nSPS) is 16.7. The van der Waals surface area contributed by atoms with Crippen molar-refractivity contribution in [2.45, 2.75) is 11.1 Å². The van der Waals surface area contributed by atoms with Gasteiger partial charge in [-0.05, 0) is 24.3 Å². The molecule has 0 aromatic heterocycles. The molecule has 7 nitrogen and oxygen atoms in total. The van der Waals surface area contributed by atoms with Crippen LogP contribution in [0.2, 0.25) is 5.02 Å². The van der Waals surface area contributed by atoms with Crippen LogP contribution < -0.4 is 5.11 Å². The van der Waals surface area contributed by atoms with Gasteiger partial charge in [0.1, 0.15) is 4.90 Å². The minimum atomic E-state index is -4.73. The van der Waals surface area contributed by atoms with E-state index >= 15 is 0 Å². The third-order valence-corrected chi connectivity index (χ3v) is 6.17. The Balaban J connectivity index is 2.18. The molecule has 27 heavy (non-hydrogen) atoms. The summed E-state index contributed by atoms with van der Waals surface area (Å²) in [5.74, 6) is -2.20. The molecule has 1 amide bonds. The Labute approximate surface area is 157 Å². The molecular weight excluding hydrogens is 413 g/mol. The molecule has 0 atom stereocenters. The fourth-order valence-electron chi connectivity index (χ4n) is 2.41. The Bertz CT molecular complexity index is 878. The van der Waals surface area contributed by atoms with Crippen LogP contribution in [0.5, 0.6) is 0 Å². The molecule has 0 radical (unpaired) electrons. The summed E-state index contributed by atoms with van der Waals surface area (Å²) in [7, 11) is -4.31. The molecule has 1 heterocycles. The van der Waals surface area contributed by atoms with Gasteiger partial charge in [0.25, 0.3) is 0 Å². The van der Waals surface area contributed by atoms with Crippen LogP contribution in [-0.4, -0.2) is 55.7 Å². The highest BCUT2D eigenvalue weighted by Gasteiger charge is 2.35. The molecule has 0 spiro atoms. The van der Waals surface area contributed by atoms with Crippen LogP contribution >= 0.6 is 11.6 Å². The molecule has 148 valence electrons. The Kier molecular flexibility index (Phi) is 6.17. The molecule has 1 fully saturated rings. The summed E-state index contributed by atoms with van der Waals surface area (Å²) < 4.78 is 64.8. The highest BCUT2D eigenvalue weighted by atomic mass is 35.5. The number of nitrogens with zero attached hydrogens (tertiary/aromatic N) is 2. The van der Waals surface area contributed by atoms with Gasteiger partial charge in [-0.15, -0.1) is 0 Å². The molecule has 12 heteroatoms. The molecule has 1 aliphatic rings. The third-order valence-electron chi connectivity index (χ3n) is 3.79. The molecule has 1 aromatic rings. The first-order valence-electron chi connectivity index (χ1n) is 7.48. The van der Waals surface area contributed by atoms with Gasteiger partial charge in [-0.2, -0.15) is 17.5 Å². The SMILES string of the molecule is O=C([O-])/C=C/C(=O)N1CCN(S(=O)(=O)c2cc(C(F)(F)F)ccc2Cl)CC1. The number of carbonyl (C=O) groups excluding carboxylic acids is 2. The highest BCUT2D eigenvalue weighted by molar-refractivity contribution is 7.89. The lowest BCUT2D eigenvalue weighted by atomic mass is 10.2. The van der Waals surface area contributed by atoms with Gasteiger partial charge in [0.2, 0.25) is 15.9 Å². The Morgan fingerprint density at radius 1 is 1.11 bits per heavy atom. The predicted molar refractivity (Wildman–Crippen MR) is 85.9 cm³/mol. The van der Waals surface area contributed by atoms with Gasteiger partial charge in [0, 0.05) is 32.3 Å². The molecule has 1 aliphatic heterocycles. The quantitative estimate of drug-likeness (QED) is 0.654. The maximum absolute atomic E-state index is 12.9. The number of alkyl halides is 3. The summed E-state index contributed by atoms with van der Waals surface area (Å²) in [5.41, 5.74) is -1.15. The molecule has 2 rings (SSSR count). The summed E-state index contributed by atoms with van der Waals surface area (Å²) in [6.45, 7) is -0.488. The minimum absolute atomic E-state index is 0.0635. The molecule has 1 aromatic carbocycles. The number of benzene rings is 1. The molecule has 0 unspecified atom stereocenters. The highest BCUT2D eigenvalue weighted by Crippen LogP contribution is 2.34. The van der Waals surface area contributed by atoms with Crippen molar-refractivity contribution in [3.8, 4) is 0 Å². The lowest BCUT2D eigenvalue weighted by molar-refractivity contribution is -0.297. The molecule has 0 aliphatic carbocycles. The van der Waals surface area contributed by atoms with Gasteiger partial charge in [0.15, 0.2) is 0 Å². The molecule has 0 bridgehead atoms. The summed E-state index contributed by atoms with van der Waals surface area (Å²) >= 11 is 5.79. The van der Waals surface area contributed by atoms with Crippen LogP contribution in [0.1, 0.15) is 5.56 Å². The van der Waals surface area contributed by atoms with Crippen molar-refractivity contribution >= 4 is 33.5 Å². The first-order valence-corrected chi connectivity index (χ1v) is 9.29. The summed E-state index contributed by atoms with van der Waals surface area (Å²) in [5, 5.41) is 9.96. The van der Waals surface area contributed by atoms with E-state index in [1.54, 1.807) is 0 Å². The second kappa shape index (κ2) is 7.87. The second-order valence-corrected chi connectivity index (χ2v) is 7.84. The molecule has 1 saturated heterocycles. The van der Waals surface area contributed by atoms with Crippen molar-refractivity contribution < 1.29 is 36.3 Å². The topological polar surface area (TPSA) is 97.8 Å². The fraction of sp³-hybridized carbons (Fsp3) is 0.333. The van der Waals surface area contributed by atoms with Crippen molar-refractivity contribution in [2.24, 2.45) is 0 Å². The first-order chi connectivity index (χ1) is 12.4. The van der Waals surface area contributed by atoms with E-state index in [1.165, 1.54) is 4.90 Å². The number of rotatable bonds is 4. The van der Waals surface area contributed by atoms with E-state index in [0.717, 1.165) is 16.4 Å². The molecule has 0 N–H and O–H groups in total. The molecule has 0 saturated carbocycles. The van der Waals surface area contributed by atoms with Crippen LogP contribution in [0.4, 0.5) is 13.2 Å². The van der Waals surface area contributed by atoms with E-state index in [4.69, 9.17) is 11.6 Å². The maximum Gasteiger partial charge on any atom is 0.416 e. The van der Waals surface area contributed by atoms with E-state index in [2.05, 4.69) is 0 Å². The van der Waals surface area contributed by atoms with Gasteiger partial charge < -0.3 is 14.8 Å². The standard InChI is InChI=1S/C15H14ClF3N2O5S/c16-11-2-1-10(15(17,18)19)9-12(11)27(25,26)21-7-5-20(6-8-21)13(22)3-4-14(23)24/h1-4,9H,5-8H2,(H,23,24)/p-1/b4-3+. The van der Waals surface area contributed by atoms with Crippen LogP contribution in [0.15, 0.2) is 35.2 Å². The van der Waals surface area contributed by atoms with Crippen LogP contribution in [-0.2, 0) is 25.8 Å². The number of piperazine rings is 1. The van der Waals surface area contributed by atoms with Crippen molar-refractivity contribution in [1.29, 1.82) is 0 Å². The number of carboxylic acids is 1. The van der Waals surface area contributed by atoms with Crippen molar-refractivity contribution in [2.75, 3.05) is 26.2 Å². The average Bonchev–Trinajstić information content (AvgIpc) is 2.59. The fourth-order valence-corrected chi connectivity index (χ4v) is 4.33. The number of carbonyl (C=O) groups is 2. The lowest BCUT2D eigenvalue weighted by Crippen LogP contribution is -2.50. The second-order valence-electron chi connectivity index (χ2n) is 5.52. The van der Waals surface area contributed by atoms with Crippen molar-refractivity contribution in [3.63, 3.8) is 0 Å². The van der Waals surface area contributed by atoms with Gasteiger partial charge in [-0.3, -0.25) is 4.79 Å². The number of amides is 1. The number of halogens is 4. The van der Waals surface area contributed by atoms with Crippen LogP contribution in [0, 0.1) is 0 Å². The van der Waals surface area contributed by atoms with Gasteiger partial charge in [0.05, 0.1) is 16.6 Å². The van der Waals surface area contributed by atoms with E-state index in [0.29, 0.717) is 18.2 Å². The zero-order chi connectivity index (χ0) is 20.4. The summed E-state index contributed by atoms with van der Waals surface area (Å²) in [4.78, 5) is 22.6. The monoisotopic (exact) mass is 425 g/mol. The minimum Gasteiger partial charge on any atom is -0.545 e. The maximum atomic E-state index is 12.9. The number of hydrogen-bond acceptors (Lipinski definition) is 5. The summed E-state index contributed by atoms with van der Waals surface area (Å²) in [6.07, 6.45) is -3.40. The van der Waals surface area contributed by atoms with Crippen molar-refractivity contribution in [1.82, 2.24) is 9.21 Å². The van der Waals surface area contributed by atoms with Gasteiger partial charge in [-0.1, -0.05) is 11.6 Å². The Morgan fingerprint density at radius 2 is 1.70 bits per heavy atom.